The molecule has 0 saturated carbocycles. The van der Waals surface area contributed by atoms with Crippen LogP contribution in [0.15, 0.2) is 35.7 Å². The summed E-state index contributed by atoms with van der Waals surface area (Å²) in [4.78, 5) is 13.1. The van der Waals surface area contributed by atoms with E-state index in [1.165, 1.54) is 4.88 Å². The number of carbonyl (C=O) groups excluding carboxylic acids is 1. The zero-order valence-electron chi connectivity index (χ0n) is 9.65. The van der Waals surface area contributed by atoms with Gasteiger partial charge in [-0.3, -0.25) is 4.79 Å². The Morgan fingerprint density at radius 3 is 2.89 bits per heavy atom. The van der Waals surface area contributed by atoms with Crippen LogP contribution in [0.3, 0.4) is 0 Å². The molecule has 2 rings (SSSR count). The van der Waals surface area contributed by atoms with Crippen molar-refractivity contribution in [1.82, 2.24) is 5.32 Å². The molecule has 0 bridgehead atoms. The third-order valence-corrected chi connectivity index (χ3v) is 3.67. The Hall–Kier alpha value is -1.52. The predicted octanol–water partition coefficient (Wildman–Crippen LogP) is 2.96. The Kier molecular flexibility index (Phi) is 4.23. The summed E-state index contributed by atoms with van der Waals surface area (Å²) < 4.78 is 0. The van der Waals surface area contributed by atoms with Gasteiger partial charge < -0.3 is 11.1 Å². The molecule has 5 heteroatoms. The molecule has 0 saturated heterocycles. The van der Waals surface area contributed by atoms with E-state index in [1.54, 1.807) is 29.5 Å². The van der Waals surface area contributed by atoms with Gasteiger partial charge in [-0.15, -0.1) is 11.3 Å². The van der Waals surface area contributed by atoms with E-state index < -0.39 is 0 Å². The van der Waals surface area contributed by atoms with Gasteiger partial charge in [0, 0.05) is 22.1 Å². The lowest BCUT2D eigenvalue weighted by Gasteiger charge is -2.07. The van der Waals surface area contributed by atoms with Gasteiger partial charge in [-0.05, 0) is 36.1 Å². The lowest BCUT2D eigenvalue weighted by molar-refractivity contribution is 0.0955. The van der Waals surface area contributed by atoms with Gasteiger partial charge in [0.2, 0.25) is 0 Å². The van der Waals surface area contributed by atoms with Crippen LogP contribution in [-0.4, -0.2) is 12.5 Å². The number of hydrogen-bond donors (Lipinski definition) is 2. The van der Waals surface area contributed by atoms with Crippen LogP contribution >= 0.6 is 22.9 Å². The maximum atomic E-state index is 11.9. The van der Waals surface area contributed by atoms with Crippen LogP contribution in [0.5, 0.6) is 0 Å². The van der Waals surface area contributed by atoms with Gasteiger partial charge in [-0.1, -0.05) is 17.7 Å². The Morgan fingerprint density at radius 1 is 1.39 bits per heavy atom. The van der Waals surface area contributed by atoms with Crippen LogP contribution in [-0.2, 0) is 6.42 Å². The van der Waals surface area contributed by atoms with Gasteiger partial charge in [0.05, 0.1) is 5.56 Å². The monoisotopic (exact) mass is 280 g/mol. The van der Waals surface area contributed by atoms with E-state index in [0.717, 1.165) is 6.42 Å². The quantitative estimate of drug-likeness (QED) is 0.846. The summed E-state index contributed by atoms with van der Waals surface area (Å²) in [6, 6.07) is 8.92. The minimum Gasteiger partial charge on any atom is -0.398 e. The van der Waals surface area contributed by atoms with E-state index in [9.17, 15) is 4.79 Å². The van der Waals surface area contributed by atoms with Crippen molar-refractivity contribution < 1.29 is 4.79 Å². The summed E-state index contributed by atoms with van der Waals surface area (Å²) >= 11 is 7.47. The summed E-state index contributed by atoms with van der Waals surface area (Å²) in [6.07, 6.45) is 0.830. The highest BCUT2D eigenvalue weighted by molar-refractivity contribution is 7.09. The molecule has 0 atom stereocenters. The Labute approximate surface area is 115 Å². The number of anilines is 1. The molecular weight excluding hydrogens is 268 g/mol. The van der Waals surface area contributed by atoms with Crippen LogP contribution in [0.4, 0.5) is 5.69 Å². The van der Waals surface area contributed by atoms with Crippen molar-refractivity contribution in [3.8, 4) is 0 Å². The second-order valence-electron chi connectivity index (χ2n) is 3.82. The molecule has 0 spiro atoms. The van der Waals surface area contributed by atoms with Crippen molar-refractivity contribution in [2.45, 2.75) is 6.42 Å². The predicted molar refractivity (Wildman–Crippen MR) is 76.2 cm³/mol. The average Bonchev–Trinajstić information content (AvgIpc) is 2.81. The first-order chi connectivity index (χ1) is 8.66. The fourth-order valence-electron chi connectivity index (χ4n) is 1.59. The molecule has 0 aliphatic rings. The van der Waals surface area contributed by atoms with E-state index in [1.807, 2.05) is 17.5 Å². The molecule has 0 fully saturated rings. The maximum absolute atomic E-state index is 11.9. The number of hydrogen-bond acceptors (Lipinski definition) is 3. The molecule has 18 heavy (non-hydrogen) atoms. The van der Waals surface area contributed by atoms with E-state index in [0.29, 0.717) is 22.8 Å². The number of amides is 1. The molecule has 2 aromatic rings. The van der Waals surface area contributed by atoms with Crippen molar-refractivity contribution in [1.29, 1.82) is 0 Å². The fourth-order valence-corrected chi connectivity index (χ4v) is 2.48. The number of nitrogens with two attached hydrogens (primary N) is 1. The molecule has 0 aliphatic carbocycles. The molecule has 0 unspecified atom stereocenters. The first kappa shape index (κ1) is 12.9. The van der Waals surface area contributed by atoms with Gasteiger partial charge in [-0.2, -0.15) is 0 Å². The van der Waals surface area contributed by atoms with E-state index in [4.69, 9.17) is 17.3 Å². The minimum atomic E-state index is -0.166. The van der Waals surface area contributed by atoms with Crippen LogP contribution < -0.4 is 11.1 Å². The summed E-state index contributed by atoms with van der Waals surface area (Å²) in [7, 11) is 0. The van der Waals surface area contributed by atoms with Gasteiger partial charge in [0.15, 0.2) is 0 Å². The number of carbonyl (C=O) groups is 1. The highest BCUT2D eigenvalue weighted by atomic mass is 35.5. The Balaban J connectivity index is 1.91. The molecule has 0 aliphatic heterocycles. The summed E-state index contributed by atoms with van der Waals surface area (Å²) in [5.74, 6) is -0.166. The fraction of sp³-hybridized carbons (Fsp3) is 0.154. The topological polar surface area (TPSA) is 55.1 Å². The molecule has 3 nitrogen and oxygen atoms in total. The standard InChI is InChI=1S/C13H13ClN2OS/c14-9-3-4-11(12(15)8-9)13(17)16-6-5-10-2-1-7-18-10/h1-4,7-8H,5-6,15H2,(H,16,17). The van der Waals surface area contributed by atoms with Crippen molar-refractivity contribution in [3.63, 3.8) is 0 Å². The zero-order chi connectivity index (χ0) is 13.0. The highest BCUT2D eigenvalue weighted by Crippen LogP contribution is 2.17. The first-order valence-corrected chi connectivity index (χ1v) is 6.78. The molecule has 1 aromatic heterocycles. The SMILES string of the molecule is Nc1cc(Cl)ccc1C(=O)NCCc1cccs1. The molecule has 0 radical (unpaired) electrons. The molecule has 3 N–H and O–H groups in total. The van der Waals surface area contributed by atoms with Crippen molar-refractivity contribution in [3.05, 3.63) is 51.2 Å². The first-order valence-electron chi connectivity index (χ1n) is 5.52. The van der Waals surface area contributed by atoms with Gasteiger partial charge in [0.25, 0.3) is 5.91 Å². The molecule has 94 valence electrons. The molecule has 1 amide bonds. The van der Waals surface area contributed by atoms with Gasteiger partial charge in [-0.25, -0.2) is 0 Å². The van der Waals surface area contributed by atoms with E-state index >= 15 is 0 Å². The highest BCUT2D eigenvalue weighted by Gasteiger charge is 2.09. The smallest absolute Gasteiger partial charge is 0.253 e. The van der Waals surface area contributed by atoms with Crippen molar-refractivity contribution in [2.75, 3.05) is 12.3 Å². The number of rotatable bonds is 4. The summed E-state index contributed by atoms with van der Waals surface area (Å²) in [5.41, 5.74) is 6.61. The lowest BCUT2D eigenvalue weighted by atomic mass is 10.1. The third-order valence-electron chi connectivity index (χ3n) is 2.50. The summed E-state index contributed by atoms with van der Waals surface area (Å²) in [6.45, 7) is 0.599. The third kappa shape index (κ3) is 3.24. The van der Waals surface area contributed by atoms with Crippen molar-refractivity contribution in [2.24, 2.45) is 0 Å². The summed E-state index contributed by atoms with van der Waals surface area (Å²) in [5, 5.41) is 5.39. The number of benzene rings is 1. The largest absolute Gasteiger partial charge is 0.398 e. The van der Waals surface area contributed by atoms with Crippen LogP contribution in [0, 0.1) is 0 Å². The van der Waals surface area contributed by atoms with Crippen LogP contribution in [0.1, 0.15) is 15.2 Å². The van der Waals surface area contributed by atoms with E-state index in [-0.39, 0.29) is 5.91 Å². The Morgan fingerprint density at radius 2 is 2.22 bits per heavy atom. The number of thiophene rings is 1. The van der Waals surface area contributed by atoms with Crippen LogP contribution in [0.2, 0.25) is 5.02 Å². The minimum absolute atomic E-state index is 0.166. The second kappa shape index (κ2) is 5.89. The zero-order valence-corrected chi connectivity index (χ0v) is 11.2. The molecule has 1 aromatic carbocycles. The molecular formula is C13H13ClN2OS. The number of nitrogen functional groups attached to an aromatic ring is 1. The molecule has 1 heterocycles. The average molecular weight is 281 g/mol. The number of nitrogens with one attached hydrogen (secondary N) is 1. The van der Waals surface area contributed by atoms with Gasteiger partial charge >= 0.3 is 0 Å². The Bertz CT molecular complexity index is 540. The normalized spacial score (nSPS) is 10.3. The second-order valence-corrected chi connectivity index (χ2v) is 5.29. The van der Waals surface area contributed by atoms with Crippen LogP contribution in [0.25, 0.3) is 0 Å². The lowest BCUT2D eigenvalue weighted by Crippen LogP contribution is -2.26. The van der Waals surface area contributed by atoms with Crippen molar-refractivity contribution >= 4 is 34.5 Å². The maximum Gasteiger partial charge on any atom is 0.253 e. The number of halogens is 1. The van der Waals surface area contributed by atoms with Gasteiger partial charge in [0.1, 0.15) is 0 Å². The van der Waals surface area contributed by atoms with E-state index in [2.05, 4.69) is 5.32 Å².